The number of ketones is 2. The molecule has 0 saturated carbocycles. The maximum atomic E-state index is 12.3. The number of thiophene rings is 1. The molecule has 0 atom stereocenters. The molecule has 2 aromatic rings. The van der Waals surface area contributed by atoms with Crippen molar-refractivity contribution in [2.75, 3.05) is 6.54 Å². The Hall–Kier alpha value is -1.99. The smallest absolute Gasteiger partial charge is 0.250 e. The Labute approximate surface area is 122 Å². The van der Waals surface area contributed by atoms with Crippen LogP contribution in [0.2, 0.25) is 0 Å². The molecule has 0 spiro atoms. The standard InChI is InChI=1S/C14H10F2N2O2S/c15-11(16)6-18-4-7-3-9-12(19)8-1-2-17-5-10(8)13(20)14(9)21-7/h1-3,5,11,18H,4,6H2. The molecule has 3 rings (SSSR count). The number of rotatable bonds is 4. The Morgan fingerprint density at radius 3 is 2.76 bits per heavy atom. The Bertz CT molecular complexity index is 675. The quantitative estimate of drug-likeness (QED) is 0.803. The topological polar surface area (TPSA) is 59.1 Å². The van der Waals surface area contributed by atoms with Gasteiger partial charge in [0.2, 0.25) is 5.78 Å². The fraction of sp³-hybridized carbons (Fsp3) is 0.214. The largest absolute Gasteiger partial charge is 0.306 e. The van der Waals surface area contributed by atoms with Gasteiger partial charge in [-0.2, -0.15) is 0 Å². The average molecular weight is 308 g/mol. The number of aromatic nitrogens is 1. The highest BCUT2D eigenvalue weighted by molar-refractivity contribution is 7.14. The van der Waals surface area contributed by atoms with Crippen molar-refractivity contribution in [1.82, 2.24) is 10.3 Å². The number of nitrogens with one attached hydrogen (secondary N) is 1. The van der Waals surface area contributed by atoms with Gasteiger partial charge in [0.1, 0.15) is 0 Å². The molecular formula is C14H10F2N2O2S. The predicted octanol–water partition coefficient (Wildman–Crippen LogP) is 2.27. The molecule has 7 heteroatoms. The van der Waals surface area contributed by atoms with Gasteiger partial charge in [-0.3, -0.25) is 14.6 Å². The summed E-state index contributed by atoms with van der Waals surface area (Å²) in [5.74, 6) is -0.462. The first-order chi connectivity index (χ1) is 10.1. The van der Waals surface area contributed by atoms with E-state index in [2.05, 4.69) is 10.3 Å². The van der Waals surface area contributed by atoms with Crippen molar-refractivity contribution < 1.29 is 18.4 Å². The zero-order valence-electron chi connectivity index (χ0n) is 10.7. The number of hydrogen-bond donors (Lipinski definition) is 1. The van der Waals surface area contributed by atoms with Crippen molar-refractivity contribution in [3.8, 4) is 0 Å². The number of nitrogens with zero attached hydrogens (tertiary/aromatic N) is 1. The van der Waals surface area contributed by atoms with Gasteiger partial charge in [-0.1, -0.05) is 0 Å². The van der Waals surface area contributed by atoms with Crippen molar-refractivity contribution >= 4 is 22.9 Å². The number of pyridine rings is 1. The van der Waals surface area contributed by atoms with Gasteiger partial charge in [-0.15, -0.1) is 11.3 Å². The number of carbonyl (C=O) groups excluding carboxylic acids is 2. The summed E-state index contributed by atoms with van der Waals surface area (Å²) in [7, 11) is 0. The molecule has 108 valence electrons. The lowest BCUT2D eigenvalue weighted by atomic mass is 9.90. The van der Waals surface area contributed by atoms with E-state index in [1.807, 2.05) is 0 Å². The second-order valence-electron chi connectivity index (χ2n) is 4.56. The van der Waals surface area contributed by atoms with Gasteiger partial charge in [0.05, 0.1) is 17.0 Å². The fourth-order valence-electron chi connectivity index (χ4n) is 2.21. The molecule has 0 radical (unpaired) electrons. The Balaban J connectivity index is 1.90. The van der Waals surface area contributed by atoms with E-state index in [1.165, 1.54) is 18.5 Å². The summed E-state index contributed by atoms with van der Waals surface area (Å²) in [6, 6.07) is 3.12. The van der Waals surface area contributed by atoms with Crippen LogP contribution in [0, 0.1) is 0 Å². The second kappa shape index (κ2) is 5.42. The van der Waals surface area contributed by atoms with Crippen LogP contribution in [0.1, 0.15) is 36.0 Å². The van der Waals surface area contributed by atoms with Crippen molar-refractivity contribution in [1.29, 1.82) is 0 Å². The van der Waals surface area contributed by atoms with Crippen molar-refractivity contribution in [3.63, 3.8) is 0 Å². The first-order valence-electron chi connectivity index (χ1n) is 6.23. The van der Waals surface area contributed by atoms with Crippen LogP contribution in [0.25, 0.3) is 0 Å². The highest BCUT2D eigenvalue weighted by Crippen LogP contribution is 2.32. The van der Waals surface area contributed by atoms with Crippen LogP contribution in [0.3, 0.4) is 0 Å². The van der Waals surface area contributed by atoms with Crippen molar-refractivity contribution in [3.05, 3.63) is 51.0 Å². The van der Waals surface area contributed by atoms with Gasteiger partial charge in [-0.25, -0.2) is 8.78 Å². The fourth-order valence-corrected chi connectivity index (χ4v) is 3.29. The van der Waals surface area contributed by atoms with Crippen molar-refractivity contribution in [2.24, 2.45) is 0 Å². The third-order valence-corrected chi connectivity index (χ3v) is 4.28. The van der Waals surface area contributed by atoms with Crippen molar-refractivity contribution in [2.45, 2.75) is 13.0 Å². The molecule has 0 unspecified atom stereocenters. The molecule has 2 aromatic heterocycles. The summed E-state index contributed by atoms with van der Waals surface area (Å²) in [4.78, 5) is 29.6. The van der Waals surface area contributed by atoms with Crippen LogP contribution < -0.4 is 5.32 Å². The lowest BCUT2D eigenvalue weighted by Crippen LogP contribution is -2.20. The minimum Gasteiger partial charge on any atom is -0.306 e. The van der Waals surface area contributed by atoms with E-state index in [9.17, 15) is 18.4 Å². The van der Waals surface area contributed by atoms with E-state index in [-0.39, 0.29) is 18.1 Å². The maximum Gasteiger partial charge on any atom is 0.250 e. The van der Waals surface area contributed by atoms with Crippen LogP contribution in [-0.2, 0) is 6.54 Å². The summed E-state index contributed by atoms with van der Waals surface area (Å²) >= 11 is 1.16. The molecule has 0 aromatic carbocycles. The minimum absolute atomic E-state index is 0.206. The molecule has 1 N–H and O–H groups in total. The van der Waals surface area contributed by atoms with E-state index in [0.29, 0.717) is 26.4 Å². The summed E-state index contributed by atoms with van der Waals surface area (Å²) in [6.45, 7) is -0.217. The Morgan fingerprint density at radius 2 is 2.00 bits per heavy atom. The maximum absolute atomic E-state index is 12.3. The van der Waals surface area contributed by atoms with Gasteiger partial charge in [-0.05, 0) is 12.1 Å². The summed E-state index contributed by atoms with van der Waals surface area (Å²) in [6.07, 6.45) is 0.414. The van der Waals surface area contributed by atoms with Gasteiger partial charge in [0.15, 0.2) is 5.78 Å². The molecule has 1 aliphatic rings. The van der Waals surface area contributed by atoms with Gasteiger partial charge in [0, 0.05) is 34.9 Å². The van der Waals surface area contributed by atoms with Crippen LogP contribution >= 0.6 is 11.3 Å². The number of halogens is 2. The monoisotopic (exact) mass is 308 g/mol. The first-order valence-corrected chi connectivity index (χ1v) is 7.04. The normalized spacial score (nSPS) is 13.5. The molecule has 21 heavy (non-hydrogen) atoms. The molecule has 0 bridgehead atoms. The Morgan fingerprint density at radius 1 is 1.19 bits per heavy atom. The number of carbonyl (C=O) groups is 2. The highest BCUT2D eigenvalue weighted by Gasteiger charge is 2.31. The first kappa shape index (κ1) is 14.0. The van der Waals surface area contributed by atoms with Gasteiger partial charge >= 0.3 is 0 Å². The molecule has 0 fully saturated rings. The van der Waals surface area contributed by atoms with Gasteiger partial charge < -0.3 is 5.32 Å². The summed E-state index contributed by atoms with van der Waals surface area (Å²) in [5.41, 5.74) is 0.980. The summed E-state index contributed by atoms with van der Waals surface area (Å²) < 4.78 is 24.2. The molecular weight excluding hydrogens is 298 g/mol. The lowest BCUT2D eigenvalue weighted by molar-refractivity contribution is 0.0982. The van der Waals surface area contributed by atoms with E-state index in [4.69, 9.17) is 0 Å². The summed E-state index contributed by atoms with van der Waals surface area (Å²) in [5, 5.41) is 2.59. The molecule has 0 aliphatic heterocycles. The second-order valence-corrected chi connectivity index (χ2v) is 5.69. The Kier molecular flexibility index (Phi) is 3.60. The van der Waals surface area contributed by atoms with Crippen LogP contribution in [-0.4, -0.2) is 29.5 Å². The van der Waals surface area contributed by atoms with Crippen LogP contribution in [0.4, 0.5) is 8.78 Å². The number of hydrogen-bond acceptors (Lipinski definition) is 5. The SMILES string of the molecule is O=C1c2ccncc2C(=O)c2sc(CNCC(F)F)cc21. The lowest BCUT2D eigenvalue weighted by Gasteiger charge is -2.12. The predicted molar refractivity (Wildman–Crippen MR) is 73.1 cm³/mol. The molecule has 2 heterocycles. The van der Waals surface area contributed by atoms with Crippen LogP contribution in [0.15, 0.2) is 24.5 Å². The van der Waals surface area contributed by atoms with Crippen LogP contribution in [0.5, 0.6) is 0 Å². The van der Waals surface area contributed by atoms with E-state index in [0.717, 1.165) is 11.3 Å². The minimum atomic E-state index is -2.43. The average Bonchev–Trinajstić information content (AvgIpc) is 2.89. The third kappa shape index (κ3) is 2.50. The molecule has 4 nitrogen and oxygen atoms in total. The van der Waals surface area contributed by atoms with E-state index < -0.39 is 13.0 Å². The highest BCUT2D eigenvalue weighted by atomic mass is 32.1. The zero-order valence-corrected chi connectivity index (χ0v) is 11.5. The molecule has 1 aliphatic carbocycles. The van der Waals surface area contributed by atoms with E-state index >= 15 is 0 Å². The van der Waals surface area contributed by atoms with E-state index in [1.54, 1.807) is 6.07 Å². The molecule has 0 amide bonds. The molecule has 0 saturated heterocycles. The number of alkyl halides is 2. The number of fused-ring (bicyclic) bond motifs is 2. The van der Waals surface area contributed by atoms with Gasteiger partial charge in [0.25, 0.3) is 6.43 Å². The third-order valence-electron chi connectivity index (χ3n) is 3.14. The zero-order chi connectivity index (χ0) is 15.0.